The standard InChI is InChI=1S/C23H21F3N2O4S/c1-14-20(16-5-4-6-17(11-16)23(24,25)26)21(29)19(13-28(14)2)22(30)27-12-15-7-9-18(10-8-15)33(3,31)32/h4-11,13H,12H2,1-3H3,(H,27,30). The molecule has 1 N–H and O–H groups in total. The SMILES string of the molecule is Cc1c(-c2cccc(C(F)(F)F)c2)c(=O)c(C(=O)NCc2ccc(S(C)(=O)=O)cc2)cn1C. The van der Waals surface area contributed by atoms with Crippen LogP contribution in [0.15, 0.2) is 64.4 Å². The van der Waals surface area contributed by atoms with Gasteiger partial charge in [-0.05, 0) is 42.3 Å². The number of hydrogen-bond donors (Lipinski definition) is 1. The van der Waals surface area contributed by atoms with Crippen LogP contribution in [0.1, 0.15) is 27.2 Å². The molecule has 0 fully saturated rings. The Morgan fingerprint density at radius 3 is 2.30 bits per heavy atom. The molecule has 0 bridgehead atoms. The van der Waals surface area contributed by atoms with E-state index in [1.54, 1.807) is 14.0 Å². The average Bonchev–Trinajstić information content (AvgIpc) is 2.74. The van der Waals surface area contributed by atoms with Gasteiger partial charge in [-0.2, -0.15) is 13.2 Å². The molecule has 0 aliphatic rings. The van der Waals surface area contributed by atoms with E-state index in [1.807, 2.05) is 0 Å². The number of alkyl halides is 3. The molecule has 1 amide bonds. The number of carbonyl (C=O) groups is 1. The van der Waals surface area contributed by atoms with Gasteiger partial charge < -0.3 is 9.88 Å². The highest BCUT2D eigenvalue weighted by molar-refractivity contribution is 7.90. The molecular formula is C23H21F3N2O4S. The Morgan fingerprint density at radius 1 is 1.09 bits per heavy atom. The lowest BCUT2D eigenvalue weighted by Crippen LogP contribution is -2.30. The predicted octanol–water partition coefficient (Wildman–Crippen LogP) is 3.71. The molecular weight excluding hydrogens is 457 g/mol. The van der Waals surface area contributed by atoms with Crippen molar-refractivity contribution >= 4 is 15.7 Å². The van der Waals surface area contributed by atoms with E-state index in [9.17, 15) is 31.2 Å². The smallest absolute Gasteiger partial charge is 0.353 e. The third kappa shape index (κ3) is 5.33. The fourth-order valence-corrected chi connectivity index (χ4v) is 3.94. The van der Waals surface area contributed by atoms with E-state index < -0.39 is 32.9 Å². The van der Waals surface area contributed by atoms with Crippen LogP contribution in [-0.2, 0) is 29.6 Å². The van der Waals surface area contributed by atoms with Crippen LogP contribution < -0.4 is 10.7 Å². The third-order valence-electron chi connectivity index (χ3n) is 5.21. The van der Waals surface area contributed by atoms with E-state index in [2.05, 4.69) is 5.32 Å². The highest BCUT2D eigenvalue weighted by atomic mass is 32.2. The summed E-state index contributed by atoms with van der Waals surface area (Å²) in [5, 5.41) is 2.59. The number of hydrogen-bond acceptors (Lipinski definition) is 4. The first-order chi connectivity index (χ1) is 15.3. The number of halogens is 3. The van der Waals surface area contributed by atoms with Crippen LogP contribution in [0, 0.1) is 6.92 Å². The van der Waals surface area contributed by atoms with Crippen molar-refractivity contribution in [3.63, 3.8) is 0 Å². The minimum Gasteiger partial charge on any atom is -0.353 e. The molecule has 1 aromatic heterocycles. The largest absolute Gasteiger partial charge is 0.416 e. The summed E-state index contributed by atoms with van der Waals surface area (Å²) in [6, 6.07) is 10.3. The topological polar surface area (TPSA) is 85.2 Å². The molecule has 33 heavy (non-hydrogen) atoms. The molecule has 0 unspecified atom stereocenters. The summed E-state index contributed by atoms with van der Waals surface area (Å²) >= 11 is 0. The number of rotatable bonds is 5. The van der Waals surface area contributed by atoms with Crippen LogP contribution in [0.4, 0.5) is 13.2 Å². The van der Waals surface area contributed by atoms with Crippen molar-refractivity contribution in [1.29, 1.82) is 0 Å². The fraction of sp³-hybridized carbons (Fsp3) is 0.217. The molecule has 0 aliphatic heterocycles. The lowest BCUT2D eigenvalue weighted by Gasteiger charge is -2.15. The predicted molar refractivity (Wildman–Crippen MR) is 118 cm³/mol. The number of sulfone groups is 1. The number of nitrogens with one attached hydrogen (secondary N) is 1. The molecule has 3 rings (SSSR count). The van der Waals surface area contributed by atoms with E-state index in [-0.39, 0.29) is 28.1 Å². The Kier molecular flexibility index (Phi) is 6.51. The van der Waals surface area contributed by atoms with E-state index >= 15 is 0 Å². The van der Waals surface area contributed by atoms with Crippen LogP contribution in [0.3, 0.4) is 0 Å². The van der Waals surface area contributed by atoms with Gasteiger partial charge in [-0.15, -0.1) is 0 Å². The normalized spacial score (nSPS) is 11.9. The Balaban J connectivity index is 1.93. The first kappa shape index (κ1) is 24.2. The van der Waals surface area contributed by atoms with Gasteiger partial charge in [-0.25, -0.2) is 8.42 Å². The van der Waals surface area contributed by atoms with Crippen molar-refractivity contribution in [2.45, 2.75) is 24.5 Å². The Morgan fingerprint density at radius 2 is 1.73 bits per heavy atom. The second-order valence-corrected chi connectivity index (χ2v) is 9.64. The van der Waals surface area contributed by atoms with Crippen molar-refractivity contribution in [2.24, 2.45) is 7.05 Å². The van der Waals surface area contributed by atoms with Gasteiger partial charge in [0, 0.05) is 37.3 Å². The second-order valence-electron chi connectivity index (χ2n) is 7.62. The fourth-order valence-electron chi connectivity index (χ4n) is 3.31. The maximum absolute atomic E-state index is 13.1. The monoisotopic (exact) mass is 478 g/mol. The molecule has 3 aromatic rings. The zero-order valence-corrected chi connectivity index (χ0v) is 18.8. The number of carbonyl (C=O) groups excluding carboxylic acids is 1. The molecule has 0 aliphatic carbocycles. The minimum absolute atomic E-state index is 0.00811. The minimum atomic E-state index is -4.57. The number of amides is 1. The van der Waals surface area contributed by atoms with Crippen LogP contribution >= 0.6 is 0 Å². The number of aromatic nitrogens is 1. The lowest BCUT2D eigenvalue weighted by molar-refractivity contribution is -0.137. The van der Waals surface area contributed by atoms with Crippen molar-refractivity contribution in [3.8, 4) is 11.1 Å². The highest BCUT2D eigenvalue weighted by Crippen LogP contribution is 2.32. The molecule has 0 saturated heterocycles. The molecule has 0 saturated carbocycles. The van der Waals surface area contributed by atoms with Crippen molar-refractivity contribution < 1.29 is 26.4 Å². The molecule has 0 spiro atoms. The molecule has 10 heteroatoms. The summed E-state index contributed by atoms with van der Waals surface area (Å²) < 4.78 is 64.0. The zero-order valence-electron chi connectivity index (χ0n) is 18.0. The molecule has 174 valence electrons. The maximum atomic E-state index is 13.1. The van der Waals surface area contributed by atoms with Crippen molar-refractivity contribution in [1.82, 2.24) is 9.88 Å². The molecule has 2 aromatic carbocycles. The van der Waals surface area contributed by atoms with Gasteiger partial charge >= 0.3 is 6.18 Å². The van der Waals surface area contributed by atoms with Gasteiger partial charge in [-0.1, -0.05) is 24.3 Å². The van der Waals surface area contributed by atoms with Crippen LogP contribution in [0.5, 0.6) is 0 Å². The third-order valence-corrected chi connectivity index (χ3v) is 6.34. The summed E-state index contributed by atoms with van der Waals surface area (Å²) in [6.07, 6.45) is -2.16. The number of nitrogens with zero attached hydrogens (tertiary/aromatic N) is 1. The number of benzene rings is 2. The number of aryl methyl sites for hydroxylation is 1. The first-order valence-corrected chi connectivity index (χ1v) is 11.6. The Labute approximate surface area is 188 Å². The van der Waals surface area contributed by atoms with Crippen LogP contribution in [0.2, 0.25) is 0 Å². The van der Waals surface area contributed by atoms with E-state index in [1.165, 1.54) is 47.2 Å². The van der Waals surface area contributed by atoms with Gasteiger partial charge in [-0.3, -0.25) is 9.59 Å². The van der Waals surface area contributed by atoms with E-state index in [0.717, 1.165) is 18.4 Å². The van der Waals surface area contributed by atoms with Crippen LogP contribution in [-0.4, -0.2) is 25.1 Å². The summed E-state index contributed by atoms with van der Waals surface area (Å²) in [4.78, 5) is 26.0. The van der Waals surface area contributed by atoms with Gasteiger partial charge in [0.05, 0.1) is 10.5 Å². The lowest BCUT2D eigenvalue weighted by atomic mass is 9.99. The average molecular weight is 478 g/mol. The summed E-state index contributed by atoms with van der Waals surface area (Å²) in [6.45, 7) is 1.61. The quantitative estimate of drug-likeness (QED) is 0.606. The van der Waals surface area contributed by atoms with E-state index in [0.29, 0.717) is 11.3 Å². The van der Waals surface area contributed by atoms with Gasteiger partial charge in [0.1, 0.15) is 5.56 Å². The van der Waals surface area contributed by atoms with Crippen molar-refractivity contribution in [2.75, 3.05) is 6.26 Å². The second kappa shape index (κ2) is 8.86. The van der Waals surface area contributed by atoms with Crippen molar-refractivity contribution in [3.05, 3.63) is 87.3 Å². The summed E-state index contributed by atoms with van der Waals surface area (Å²) in [7, 11) is -1.76. The molecule has 1 heterocycles. The van der Waals surface area contributed by atoms with Gasteiger partial charge in [0.25, 0.3) is 5.91 Å². The number of pyridine rings is 1. The molecule has 6 nitrogen and oxygen atoms in total. The van der Waals surface area contributed by atoms with Gasteiger partial charge in [0.2, 0.25) is 5.43 Å². The Bertz CT molecular complexity index is 1380. The summed E-state index contributed by atoms with van der Waals surface area (Å²) in [5.41, 5.74) is -0.709. The first-order valence-electron chi connectivity index (χ1n) is 9.74. The molecule has 0 radical (unpaired) electrons. The Hall–Kier alpha value is -3.40. The molecule has 0 atom stereocenters. The van der Waals surface area contributed by atoms with Gasteiger partial charge in [0.15, 0.2) is 9.84 Å². The summed E-state index contributed by atoms with van der Waals surface area (Å²) in [5.74, 6) is -0.698. The van der Waals surface area contributed by atoms with E-state index in [4.69, 9.17) is 0 Å². The highest BCUT2D eigenvalue weighted by Gasteiger charge is 2.31. The maximum Gasteiger partial charge on any atom is 0.416 e. The zero-order chi connectivity index (χ0) is 24.6. The van der Waals surface area contributed by atoms with Crippen LogP contribution in [0.25, 0.3) is 11.1 Å².